The molecule has 0 heterocycles. The lowest BCUT2D eigenvalue weighted by molar-refractivity contribution is 0.411. The van der Waals surface area contributed by atoms with Gasteiger partial charge in [0.25, 0.3) is 0 Å². The number of hydrogen-bond acceptors (Lipinski definition) is 3. The summed E-state index contributed by atoms with van der Waals surface area (Å²) in [6, 6.07) is 11.1. The third-order valence-electron chi connectivity index (χ3n) is 4.91. The molecular formula is C20H24INO3S. The smallest absolute Gasteiger partial charge is 0.241 e. The van der Waals surface area contributed by atoms with Gasteiger partial charge in [-0.1, -0.05) is 25.1 Å². The molecule has 0 bridgehead atoms. The highest BCUT2D eigenvalue weighted by Crippen LogP contribution is 2.28. The summed E-state index contributed by atoms with van der Waals surface area (Å²) in [6.07, 6.45) is 5.37. The van der Waals surface area contributed by atoms with Crippen molar-refractivity contribution < 1.29 is 13.2 Å². The van der Waals surface area contributed by atoms with Crippen LogP contribution in [0.5, 0.6) is 5.75 Å². The van der Waals surface area contributed by atoms with Gasteiger partial charge in [-0.3, -0.25) is 0 Å². The van der Waals surface area contributed by atoms with Gasteiger partial charge in [-0.05, 0) is 89.6 Å². The highest BCUT2D eigenvalue weighted by molar-refractivity contribution is 14.1. The number of aryl methyl sites for hydroxylation is 2. The van der Waals surface area contributed by atoms with Gasteiger partial charge in [0, 0.05) is 6.04 Å². The van der Waals surface area contributed by atoms with Crippen molar-refractivity contribution in [2.24, 2.45) is 0 Å². The minimum atomic E-state index is -3.60. The fourth-order valence-electron chi connectivity index (χ4n) is 3.43. The van der Waals surface area contributed by atoms with Crippen molar-refractivity contribution in [3.05, 3.63) is 56.7 Å². The summed E-state index contributed by atoms with van der Waals surface area (Å²) in [4.78, 5) is 0.263. The van der Waals surface area contributed by atoms with Gasteiger partial charge in [-0.2, -0.15) is 0 Å². The third kappa shape index (κ3) is 4.23. The number of halogens is 1. The Morgan fingerprint density at radius 3 is 2.50 bits per heavy atom. The number of ether oxygens (including phenoxy) is 1. The van der Waals surface area contributed by atoms with Crippen molar-refractivity contribution in [3.63, 3.8) is 0 Å². The Balaban J connectivity index is 1.86. The van der Waals surface area contributed by atoms with Crippen molar-refractivity contribution >= 4 is 32.6 Å². The average molecular weight is 485 g/mol. The highest BCUT2D eigenvalue weighted by atomic mass is 127. The number of methoxy groups -OCH3 is 1. The van der Waals surface area contributed by atoms with E-state index in [1.165, 1.54) is 24.0 Å². The van der Waals surface area contributed by atoms with Gasteiger partial charge in [0.2, 0.25) is 10.0 Å². The van der Waals surface area contributed by atoms with Crippen LogP contribution < -0.4 is 9.46 Å². The van der Waals surface area contributed by atoms with E-state index in [9.17, 15) is 8.42 Å². The highest BCUT2D eigenvalue weighted by Gasteiger charge is 2.22. The van der Waals surface area contributed by atoms with Gasteiger partial charge >= 0.3 is 0 Å². The maximum Gasteiger partial charge on any atom is 0.241 e. The largest absolute Gasteiger partial charge is 0.496 e. The van der Waals surface area contributed by atoms with Crippen LogP contribution in [-0.2, 0) is 22.9 Å². The summed E-state index contributed by atoms with van der Waals surface area (Å²) in [7, 11) is -2.02. The van der Waals surface area contributed by atoms with Crippen LogP contribution in [0.2, 0.25) is 0 Å². The monoisotopic (exact) mass is 485 g/mol. The Bertz CT molecular complexity index is 896. The zero-order chi connectivity index (χ0) is 18.7. The molecule has 3 rings (SSSR count). The number of nitrogens with one attached hydrogen (secondary N) is 1. The van der Waals surface area contributed by atoms with E-state index in [0.29, 0.717) is 12.2 Å². The van der Waals surface area contributed by atoms with Gasteiger partial charge in [-0.25, -0.2) is 13.1 Å². The second-order valence-electron chi connectivity index (χ2n) is 6.61. The van der Waals surface area contributed by atoms with E-state index in [-0.39, 0.29) is 10.9 Å². The lowest BCUT2D eigenvalue weighted by Gasteiger charge is -2.22. The molecule has 0 spiro atoms. The van der Waals surface area contributed by atoms with Crippen LogP contribution in [0.15, 0.2) is 41.3 Å². The van der Waals surface area contributed by atoms with Crippen LogP contribution in [0.25, 0.3) is 0 Å². The summed E-state index contributed by atoms with van der Waals surface area (Å²) < 4.78 is 34.6. The van der Waals surface area contributed by atoms with Gasteiger partial charge in [0.05, 0.1) is 15.6 Å². The first-order valence-corrected chi connectivity index (χ1v) is 11.5. The molecule has 140 valence electrons. The predicted octanol–water partition coefficient (Wildman–Crippen LogP) is 4.61. The molecule has 2 aromatic carbocycles. The minimum absolute atomic E-state index is 0.230. The first kappa shape index (κ1) is 19.6. The van der Waals surface area contributed by atoms with E-state index in [1.54, 1.807) is 25.3 Å². The van der Waals surface area contributed by atoms with E-state index >= 15 is 0 Å². The lowest BCUT2D eigenvalue weighted by Crippen LogP contribution is -2.28. The Morgan fingerprint density at radius 1 is 1.12 bits per heavy atom. The molecule has 1 N–H and O–H groups in total. The Labute approximate surface area is 169 Å². The fourth-order valence-corrected chi connectivity index (χ4v) is 5.71. The van der Waals surface area contributed by atoms with Crippen LogP contribution in [-0.4, -0.2) is 15.5 Å². The molecule has 0 radical (unpaired) electrons. The van der Waals surface area contributed by atoms with Crippen LogP contribution >= 0.6 is 22.6 Å². The summed E-state index contributed by atoms with van der Waals surface area (Å²) >= 11 is 2.09. The maximum absolute atomic E-state index is 12.9. The molecule has 0 aliphatic heterocycles. The quantitative estimate of drug-likeness (QED) is 0.609. The molecule has 26 heavy (non-hydrogen) atoms. The summed E-state index contributed by atoms with van der Waals surface area (Å²) in [5, 5.41) is 0. The van der Waals surface area contributed by atoms with E-state index in [2.05, 4.69) is 45.5 Å². The molecule has 2 aromatic rings. The second kappa shape index (κ2) is 8.27. The van der Waals surface area contributed by atoms with E-state index < -0.39 is 10.0 Å². The molecule has 0 unspecified atom stereocenters. The Kier molecular flexibility index (Phi) is 6.25. The normalized spacial score (nSPS) is 15.3. The third-order valence-corrected chi connectivity index (χ3v) is 7.23. The van der Waals surface area contributed by atoms with Gasteiger partial charge in [-0.15, -0.1) is 0 Å². The van der Waals surface area contributed by atoms with Crippen LogP contribution in [0.3, 0.4) is 0 Å². The standard InChI is InChI=1S/C20H24INO3S/c1-3-19(16-9-8-14-6-4-5-7-15(14)12-16)22-26(23,24)17-10-11-20(25-2)18(21)13-17/h8-13,19,22H,3-7H2,1-2H3/t19-/m0/s1. The fraction of sp³-hybridized carbons (Fsp3) is 0.400. The average Bonchev–Trinajstić information content (AvgIpc) is 2.65. The second-order valence-corrected chi connectivity index (χ2v) is 9.49. The van der Waals surface area contributed by atoms with Crippen LogP contribution in [0.4, 0.5) is 0 Å². The summed E-state index contributed by atoms with van der Waals surface area (Å²) in [6.45, 7) is 2.00. The first-order chi connectivity index (χ1) is 12.4. The molecule has 0 saturated heterocycles. The molecule has 4 nitrogen and oxygen atoms in total. The first-order valence-electron chi connectivity index (χ1n) is 8.92. The maximum atomic E-state index is 12.9. The molecule has 0 saturated carbocycles. The van der Waals surface area contributed by atoms with Crippen molar-refractivity contribution in [2.45, 2.75) is 50.0 Å². The number of rotatable bonds is 6. The topological polar surface area (TPSA) is 55.4 Å². The zero-order valence-electron chi connectivity index (χ0n) is 15.1. The van der Waals surface area contributed by atoms with E-state index in [1.807, 2.05) is 6.92 Å². The number of fused-ring (bicyclic) bond motifs is 1. The molecule has 0 amide bonds. The molecular weight excluding hydrogens is 461 g/mol. The van der Waals surface area contributed by atoms with E-state index in [0.717, 1.165) is 22.0 Å². The van der Waals surface area contributed by atoms with Crippen LogP contribution in [0.1, 0.15) is 48.9 Å². The lowest BCUT2D eigenvalue weighted by atomic mass is 9.89. The Hall–Kier alpha value is -1.12. The van der Waals surface area contributed by atoms with E-state index in [4.69, 9.17) is 4.74 Å². The van der Waals surface area contributed by atoms with Crippen LogP contribution in [0, 0.1) is 3.57 Å². The summed E-state index contributed by atoms with van der Waals surface area (Å²) in [5.41, 5.74) is 3.81. The molecule has 0 fully saturated rings. The molecule has 1 atom stereocenters. The molecule has 1 aliphatic rings. The van der Waals surface area contributed by atoms with Crippen molar-refractivity contribution in [1.82, 2.24) is 4.72 Å². The SMILES string of the molecule is CC[C@H](NS(=O)(=O)c1ccc(OC)c(I)c1)c1ccc2c(c1)CCCC2. The molecule has 6 heteroatoms. The molecule has 1 aliphatic carbocycles. The number of hydrogen-bond donors (Lipinski definition) is 1. The predicted molar refractivity (Wildman–Crippen MR) is 112 cm³/mol. The minimum Gasteiger partial charge on any atom is -0.496 e. The van der Waals surface area contributed by atoms with Gasteiger partial charge in [0.1, 0.15) is 5.75 Å². The Morgan fingerprint density at radius 2 is 1.85 bits per heavy atom. The number of sulfonamides is 1. The number of benzene rings is 2. The zero-order valence-corrected chi connectivity index (χ0v) is 18.1. The van der Waals surface area contributed by atoms with Crippen molar-refractivity contribution in [3.8, 4) is 5.75 Å². The summed E-state index contributed by atoms with van der Waals surface area (Å²) in [5.74, 6) is 0.672. The van der Waals surface area contributed by atoms with Gasteiger partial charge in [0.15, 0.2) is 0 Å². The van der Waals surface area contributed by atoms with Crippen molar-refractivity contribution in [1.29, 1.82) is 0 Å². The van der Waals surface area contributed by atoms with Crippen molar-refractivity contribution in [2.75, 3.05) is 7.11 Å². The van der Waals surface area contributed by atoms with Gasteiger partial charge < -0.3 is 4.74 Å². The molecule has 0 aromatic heterocycles.